The molecule has 2 heterocycles. The van der Waals surface area contributed by atoms with Crippen LogP contribution in [0.5, 0.6) is 11.5 Å². The number of hydrogen-bond acceptors (Lipinski definition) is 6. The Labute approximate surface area is 211 Å². The minimum atomic E-state index is -0.471. The Hall–Kier alpha value is -3.75. The number of ether oxygens (including phenoxy) is 3. The lowest BCUT2D eigenvalue weighted by Crippen LogP contribution is -2.55. The number of carbonyl (C=O) groups is 3. The van der Waals surface area contributed by atoms with Gasteiger partial charge in [0, 0.05) is 38.3 Å². The number of piperazine rings is 1. The lowest BCUT2D eigenvalue weighted by Gasteiger charge is -2.43. The highest BCUT2D eigenvalue weighted by Crippen LogP contribution is 2.41. The first-order chi connectivity index (χ1) is 17.5. The largest absolute Gasteiger partial charge is 0.497 e. The van der Waals surface area contributed by atoms with Crippen molar-refractivity contribution in [3.8, 4) is 11.5 Å². The van der Waals surface area contributed by atoms with Crippen LogP contribution in [0.3, 0.4) is 0 Å². The summed E-state index contributed by atoms with van der Waals surface area (Å²) >= 11 is 0. The Morgan fingerprint density at radius 3 is 1.97 bits per heavy atom. The highest BCUT2D eigenvalue weighted by molar-refractivity contribution is 5.97. The topological polar surface area (TPSA) is 88.6 Å². The van der Waals surface area contributed by atoms with Crippen molar-refractivity contribution < 1.29 is 28.6 Å². The van der Waals surface area contributed by atoms with Gasteiger partial charge in [0.15, 0.2) is 0 Å². The molecule has 0 spiro atoms. The third-order valence-electron chi connectivity index (χ3n) is 6.84. The maximum absolute atomic E-state index is 13.9. The number of rotatable bonds is 6. The zero-order valence-corrected chi connectivity index (χ0v) is 21.0. The number of methoxy groups -OCH3 is 2. The van der Waals surface area contributed by atoms with Gasteiger partial charge in [-0.2, -0.15) is 0 Å². The minimum Gasteiger partial charge on any atom is -0.497 e. The maximum Gasteiger partial charge on any atom is 0.409 e. The molecule has 2 aliphatic rings. The Morgan fingerprint density at radius 2 is 1.42 bits per heavy atom. The molecule has 9 nitrogen and oxygen atoms in total. The molecule has 2 saturated heterocycles. The molecule has 36 heavy (non-hydrogen) atoms. The lowest BCUT2D eigenvalue weighted by atomic mass is 9.82. The monoisotopic (exact) mass is 495 g/mol. The van der Waals surface area contributed by atoms with Crippen LogP contribution >= 0.6 is 0 Å². The van der Waals surface area contributed by atoms with E-state index in [0.717, 1.165) is 5.56 Å². The Kier molecular flexibility index (Phi) is 7.97. The molecule has 2 fully saturated rings. The van der Waals surface area contributed by atoms with E-state index in [0.29, 0.717) is 56.4 Å². The number of carbonyl (C=O) groups excluding carboxylic acids is 3. The summed E-state index contributed by atoms with van der Waals surface area (Å²) in [7, 11) is 3.20. The Bertz CT molecular complexity index is 1060. The molecule has 0 radical (unpaired) electrons. The van der Waals surface area contributed by atoms with E-state index >= 15 is 0 Å². The van der Waals surface area contributed by atoms with Crippen molar-refractivity contribution in [2.24, 2.45) is 5.92 Å². The second-order valence-electron chi connectivity index (χ2n) is 8.84. The van der Waals surface area contributed by atoms with Crippen molar-refractivity contribution in [1.82, 2.24) is 9.80 Å². The van der Waals surface area contributed by atoms with Gasteiger partial charge in [0.25, 0.3) is 0 Å². The Morgan fingerprint density at radius 1 is 0.861 bits per heavy atom. The van der Waals surface area contributed by atoms with E-state index in [4.69, 9.17) is 14.2 Å². The fourth-order valence-electron chi connectivity index (χ4n) is 4.94. The molecular formula is C27H33N3O6. The fourth-order valence-corrected chi connectivity index (χ4v) is 4.94. The minimum absolute atomic E-state index is 0.00895. The number of benzene rings is 2. The summed E-state index contributed by atoms with van der Waals surface area (Å²) in [5.74, 6) is 0.931. The molecule has 0 bridgehead atoms. The van der Waals surface area contributed by atoms with Gasteiger partial charge in [0.1, 0.15) is 11.5 Å². The number of nitrogens with zero attached hydrogens (tertiary/aromatic N) is 3. The van der Waals surface area contributed by atoms with Gasteiger partial charge in [0.2, 0.25) is 11.8 Å². The second kappa shape index (κ2) is 11.3. The second-order valence-corrected chi connectivity index (χ2v) is 8.84. The van der Waals surface area contributed by atoms with E-state index in [1.54, 1.807) is 35.8 Å². The first-order valence-corrected chi connectivity index (χ1v) is 12.3. The number of amides is 3. The summed E-state index contributed by atoms with van der Waals surface area (Å²) in [6, 6.07) is 14.4. The molecule has 192 valence electrons. The molecule has 3 amide bonds. The van der Waals surface area contributed by atoms with Gasteiger partial charge in [0.05, 0.1) is 32.8 Å². The molecule has 9 heteroatoms. The van der Waals surface area contributed by atoms with Crippen LogP contribution in [-0.4, -0.2) is 74.7 Å². The fraction of sp³-hybridized carbons (Fsp3) is 0.444. The Balaban J connectivity index is 1.63. The zero-order chi connectivity index (χ0) is 25.7. The molecule has 2 aromatic rings. The van der Waals surface area contributed by atoms with Crippen LogP contribution in [0.4, 0.5) is 10.5 Å². The number of hydrogen-bond donors (Lipinski definition) is 0. The summed E-state index contributed by atoms with van der Waals surface area (Å²) in [4.78, 5) is 44.4. The van der Waals surface area contributed by atoms with Crippen LogP contribution in [-0.2, 0) is 14.3 Å². The first-order valence-electron chi connectivity index (χ1n) is 12.3. The van der Waals surface area contributed by atoms with Crippen LogP contribution in [0.2, 0.25) is 0 Å². The molecule has 0 unspecified atom stereocenters. The van der Waals surface area contributed by atoms with Gasteiger partial charge in [-0.1, -0.05) is 12.1 Å². The van der Waals surface area contributed by atoms with Crippen LogP contribution in [0.1, 0.15) is 31.4 Å². The summed E-state index contributed by atoms with van der Waals surface area (Å²) in [5.41, 5.74) is 1.58. The van der Waals surface area contributed by atoms with Crippen molar-refractivity contribution in [3.05, 3.63) is 54.1 Å². The van der Waals surface area contributed by atoms with Gasteiger partial charge >= 0.3 is 6.09 Å². The van der Waals surface area contributed by atoms with E-state index in [2.05, 4.69) is 0 Å². The third kappa shape index (κ3) is 5.24. The standard InChI is InChI=1S/C27H33N3O6/c1-4-36-27(33)29-17-15-28(16-18-29)26(32)23-13-14-24(31)30(20-7-11-22(35-3)12-8-20)25(23)19-5-9-21(34-2)10-6-19/h5-12,23,25H,4,13-18H2,1-3H3/t23-,25-/m0/s1. The van der Waals surface area contributed by atoms with Crippen LogP contribution in [0.25, 0.3) is 0 Å². The van der Waals surface area contributed by atoms with Gasteiger partial charge in [-0.3, -0.25) is 9.59 Å². The highest BCUT2D eigenvalue weighted by atomic mass is 16.6. The normalized spacial score (nSPS) is 20.2. The van der Waals surface area contributed by atoms with Gasteiger partial charge in [-0.15, -0.1) is 0 Å². The average molecular weight is 496 g/mol. The summed E-state index contributed by atoms with van der Waals surface area (Å²) in [5, 5.41) is 0. The maximum atomic E-state index is 13.9. The SMILES string of the molecule is CCOC(=O)N1CCN(C(=O)[C@H]2CCC(=O)N(c3ccc(OC)cc3)[C@H]2c2ccc(OC)cc2)CC1. The summed E-state index contributed by atoms with van der Waals surface area (Å²) in [6.07, 6.45) is 0.381. The smallest absolute Gasteiger partial charge is 0.409 e. The first kappa shape index (κ1) is 25.3. The van der Waals surface area contributed by atoms with E-state index in [1.165, 1.54) is 0 Å². The van der Waals surface area contributed by atoms with Gasteiger partial charge < -0.3 is 28.9 Å². The van der Waals surface area contributed by atoms with Crippen molar-refractivity contribution in [2.45, 2.75) is 25.8 Å². The molecule has 2 atom stereocenters. The van der Waals surface area contributed by atoms with Crippen molar-refractivity contribution in [3.63, 3.8) is 0 Å². The highest BCUT2D eigenvalue weighted by Gasteiger charge is 2.43. The van der Waals surface area contributed by atoms with Crippen molar-refractivity contribution in [2.75, 3.05) is 51.9 Å². The summed E-state index contributed by atoms with van der Waals surface area (Å²) < 4.78 is 15.7. The zero-order valence-electron chi connectivity index (χ0n) is 21.0. The van der Waals surface area contributed by atoms with E-state index in [1.807, 2.05) is 48.5 Å². The predicted octanol–water partition coefficient (Wildman–Crippen LogP) is 3.49. The molecule has 0 aromatic heterocycles. The van der Waals surface area contributed by atoms with Gasteiger partial charge in [-0.05, 0) is 55.3 Å². The molecule has 0 aliphatic carbocycles. The van der Waals surface area contributed by atoms with Gasteiger partial charge in [-0.25, -0.2) is 4.79 Å². The van der Waals surface area contributed by atoms with E-state index < -0.39 is 12.0 Å². The van der Waals surface area contributed by atoms with E-state index in [9.17, 15) is 14.4 Å². The molecule has 4 rings (SSSR count). The number of anilines is 1. The molecular weight excluding hydrogens is 462 g/mol. The van der Waals surface area contributed by atoms with Crippen LogP contribution in [0.15, 0.2) is 48.5 Å². The number of piperidine rings is 1. The van der Waals surface area contributed by atoms with E-state index in [-0.39, 0.29) is 24.3 Å². The third-order valence-corrected chi connectivity index (χ3v) is 6.84. The average Bonchev–Trinajstić information content (AvgIpc) is 2.93. The van der Waals surface area contributed by atoms with Crippen molar-refractivity contribution >= 4 is 23.6 Å². The predicted molar refractivity (Wildman–Crippen MR) is 134 cm³/mol. The lowest BCUT2D eigenvalue weighted by molar-refractivity contribution is -0.140. The molecule has 2 aromatic carbocycles. The molecule has 2 aliphatic heterocycles. The summed E-state index contributed by atoms with van der Waals surface area (Å²) in [6.45, 7) is 3.80. The van der Waals surface area contributed by atoms with Crippen molar-refractivity contribution in [1.29, 1.82) is 0 Å². The quantitative estimate of drug-likeness (QED) is 0.610. The van der Waals surface area contributed by atoms with Crippen LogP contribution < -0.4 is 14.4 Å². The molecule has 0 N–H and O–H groups in total. The van der Waals surface area contributed by atoms with Crippen LogP contribution in [0, 0.1) is 5.92 Å². The molecule has 0 saturated carbocycles.